The Morgan fingerprint density at radius 2 is 2.00 bits per heavy atom. The van der Waals surface area contributed by atoms with Crippen LogP contribution >= 0.6 is 22.9 Å². The van der Waals surface area contributed by atoms with Crippen LogP contribution in [0.2, 0.25) is 5.02 Å². The van der Waals surface area contributed by atoms with Crippen molar-refractivity contribution >= 4 is 28.8 Å². The van der Waals surface area contributed by atoms with Gasteiger partial charge in [0.15, 0.2) is 11.5 Å². The van der Waals surface area contributed by atoms with Crippen LogP contribution in [0.4, 0.5) is 0 Å². The van der Waals surface area contributed by atoms with Gasteiger partial charge in [-0.2, -0.15) is 0 Å². The summed E-state index contributed by atoms with van der Waals surface area (Å²) in [5.74, 6) is 1.02. The molecule has 0 spiro atoms. The molecule has 2 aromatic rings. The molecule has 6 heteroatoms. The molecule has 1 aromatic carbocycles. The van der Waals surface area contributed by atoms with Gasteiger partial charge in [-0.05, 0) is 23.1 Å². The molecule has 0 saturated carbocycles. The highest BCUT2D eigenvalue weighted by molar-refractivity contribution is 7.12. The standard InChI is InChI=1S/C14H14ClNO3S/c1-18-11-6-9(10(15)7-12(11)19-2)8-16-14(17)13-4-3-5-20-13/h3-7H,8H2,1-2H3,(H,16,17). The number of nitrogens with one attached hydrogen (secondary N) is 1. The minimum absolute atomic E-state index is 0.120. The van der Waals surface area contributed by atoms with E-state index in [2.05, 4.69) is 5.32 Å². The average Bonchev–Trinajstić information content (AvgIpc) is 2.99. The van der Waals surface area contributed by atoms with Crippen molar-refractivity contribution in [2.45, 2.75) is 6.54 Å². The summed E-state index contributed by atoms with van der Waals surface area (Å²) in [7, 11) is 3.10. The van der Waals surface area contributed by atoms with Crippen LogP contribution in [0.1, 0.15) is 15.2 Å². The zero-order valence-electron chi connectivity index (χ0n) is 11.1. The SMILES string of the molecule is COc1cc(Cl)c(CNC(=O)c2cccs2)cc1OC. The third-order valence-corrected chi connectivity index (χ3v) is 3.96. The van der Waals surface area contributed by atoms with Crippen LogP contribution in [-0.4, -0.2) is 20.1 Å². The first-order chi connectivity index (χ1) is 9.65. The van der Waals surface area contributed by atoms with Crippen molar-refractivity contribution in [3.05, 3.63) is 45.1 Å². The first-order valence-electron chi connectivity index (χ1n) is 5.87. The highest BCUT2D eigenvalue weighted by Gasteiger charge is 2.12. The molecule has 0 fully saturated rings. The third-order valence-electron chi connectivity index (χ3n) is 2.74. The zero-order chi connectivity index (χ0) is 14.5. The van der Waals surface area contributed by atoms with Crippen LogP contribution in [0, 0.1) is 0 Å². The Balaban J connectivity index is 2.11. The van der Waals surface area contributed by atoms with Crippen molar-refractivity contribution < 1.29 is 14.3 Å². The van der Waals surface area contributed by atoms with Crippen molar-refractivity contribution in [2.24, 2.45) is 0 Å². The second-order valence-electron chi connectivity index (χ2n) is 3.96. The molecule has 0 radical (unpaired) electrons. The van der Waals surface area contributed by atoms with Crippen LogP contribution in [0.3, 0.4) is 0 Å². The molecular weight excluding hydrogens is 298 g/mol. The van der Waals surface area contributed by atoms with E-state index < -0.39 is 0 Å². The monoisotopic (exact) mass is 311 g/mol. The Morgan fingerprint density at radius 3 is 2.60 bits per heavy atom. The summed E-state index contributed by atoms with van der Waals surface area (Å²) < 4.78 is 10.4. The second kappa shape index (κ2) is 6.63. The van der Waals surface area contributed by atoms with Gasteiger partial charge in [0.2, 0.25) is 0 Å². The Labute approximate surface area is 126 Å². The molecule has 0 saturated heterocycles. The van der Waals surface area contributed by atoms with Crippen molar-refractivity contribution in [1.29, 1.82) is 0 Å². The molecule has 1 amide bonds. The molecule has 1 heterocycles. The van der Waals surface area contributed by atoms with Crippen LogP contribution in [0.15, 0.2) is 29.6 Å². The first-order valence-corrected chi connectivity index (χ1v) is 7.13. The molecule has 0 aliphatic heterocycles. The number of ether oxygens (including phenoxy) is 2. The molecule has 1 N–H and O–H groups in total. The Hall–Kier alpha value is -1.72. The number of amides is 1. The van der Waals surface area contributed by atoms with Crippen LogP contribution in [0.25, 0.3) is 0 Å². The minimum atomic E-state index is -0.120. The third kappa shape index (κ3) is 3.23. The topological polar surface area (TPSA) is 47.6 Å². The van der Waals surface area contributed by atoms with Crippen LogP contribution in [-0.2, 0) is 6.54 Å². The van der Waals surface area contributed by atoms with Gasteiger partial charge in [0, 0.05) is 17.6 Å². The lowest BCUT2D eigenvalue weighted by atomic mass is 10.2. The second-order valence-corrected chi connectivity index (χ2v) is 5.31. The molecule has 0 atom stereocenters. The fourth-order valence-electron chi connectivity index (χ4n) is 1.70. The van der Waals surface area contributed by atoms with Crippen LogP contribution < -0.4 is 14.8 Å². The number of rotatable bonds is 5. The molecule has 2 rings (SSSR count). The Kier molecular flexibility index (Phi) is 4.87. The fourth-order valence-corrected chi connectivity index (χ4v) is 2.56. The molecule has 1 aromatic heterocycles. The van der Waals surface area contributed by atoms with Crippen molar-refractivity contribution in [2.75, 3.05) is 14.2 Å². The lowest BCUT2D eigenvalue weighted by molar-refractivity contribution is 0.0955. The van der Waals surface area contributed by atoms with Gasteiger partial charge in [-0.1, -0.05) is 17.7 Å². The summed E-state index contributed by atoms with van der Waals surface area (Å²) in [6.45, 7) is 0.329. The summed E-state index contributed by atoms with van der Waals surface area (Å²) in [5.41, 5.74) is 0.772. The van der Waals surface area contributed by atoms with E-state index in [9.17, 15) is 4.79 Å². The number of thiophene rings is 1. The van der Waals surface area contributed by atoms with E-state index >= 15 is 0 Å². The van der Waals surface area contributed by atoms with Crippen LogP contribution in [0.5, 0.6) is 11.5 Å². The number of carbonyl (C=O) groups excluding carboxylic acids is 1. The maximum absolute atomic E-state index is 11.9. The summed E-state index contributed by atoms with van der Waals surface area (Å²) in [6.07, 6.45) is 0. The summed E-state index contributed by atoms with van der Waals surface area (Å²) in [5, 5.41) is 5.20. The molecule has 0 unspecified atom stereocenters. The van der Waals surface area contributed by atoms with E-state index in [4.69, 9.17) is 21.1 Å². The van der Waals surface area contributed by atoms with E-state index in [1.807, 2.05) is 11.4 Å². The molecule has 106 valence electrons. The number of hydrogen-bond donors (Lipinski definition) is 1. The Bertz CT molecular complexity index is 599. The fraction of sp³-hybridized carbons (Fsp3) is 0.214. The molecule has 20 heavy (non-hydrogen) atoms. The van der Waals surface area contributed by atoms with E-state index in [1.165, 1.54) is 11.3 Å². The van der Waals surface area contributed by atoms with Gasteiger partial charge in [0.25, 0.3) is 5.91 Å². The molecule has 4 nitrogen and oxygen atoms in total. The zero-order valence-corrected chi connectivity index (χ0v) is 12.7. The maximum atomic E-state index is 11.9. The van der Waals surface area contributed by atoms with Gasteiger partial charge < -0.3 is 14.8 Å². The highest BCUT2D eigenvalue weighted by atomic mass is 35.5. The van der Waals surface area contributed by atoms with Gasteiger partial charge in [-0.3, -0.25) is 4.79 Å². The quantitative estimate of drug-likeness (QED) is 0.921. The highest BCUT2D eigenvalue weighted by Crippen LogP contribution is 2.33. The number of hydrogen-bond acceptors (Lipinski definition) is 4. The van der Waals surface area contributed by atoms with Gasteiger partial charge in [-0.25, -0.2) is 0 Å². The van der Waals surface area contributed by atoms with Crippen molar-refractivity contribution in [3.8, 4) is 11.5 Å². The molecular formula is C14H14ClNO3S. The number of benzene rings is 1. The average molecular weight is 312 g/mol. The predicted molar refractivity (Wildman–Crippen MR) is 80.0 cm³/mol. The minimum Gasteiger partial charge on any atom is -0.493 e. The van der Waals surface area contributed by atoms with Crippen molar-refractivity contribution in [3.63, 3.8) is 0 Å². The maximum Gasteiger partial charge on any atom is 0.261 e. The van der Waals surface area contributed by atoms with Crippen molar-refractivity contribution in [1.82, 2.24) is 5.32 Å². The lowest BCUT2D eigenvalue weighted by Crippen LogP contribution is -2.22. The lowest BCUT2D eigenvalue weighted by Gasteiger charge is -2.12. The summed E-state index contributed by atoms with van der Waals surface area (Å²) in [4.78, 5) is 12.5. The van der Waals surface area contributed by atoms with Gasteiger partial charge in [0.1, 0.15) is 0 Å². The van der Waals surface area contributed by atoms with E-state index in [1.54, 1.807) is 32.4 Å². The summed E-state index contributed by atoms with van der Waals surface area (Å²) >= 11 is 7.56. The molecule has 0 aliphatic carbocycles. The van der Waals surface area contributed by atoms with E-state index in [0.29, 0.717) is 27.9 Å². The normalized spacial score (nSPS) is 10.2. The molecule has 0 bridgehead atoms. The Morgan fingerprint density at radius 1 is 1.30 bits per heavy atom. The number of halogens is 1. The van der Waals surface area contributed by atoms with E-state index in [-0.39, 0.29) is 5.91 Å². The van der Waals surface area contributed by atoms with Gasteiger partial charge in [0.05, 0.1) is 19.1 Å². The smallest absolute Gasteiger partial charge is 0.261 e. The molecule has 0 aliphatic rings. The number of carbonyl (C=O) groups is 1. The number of methoxy groups -OCH3 is 2. The largest absolute Gasteiger partial charge is 0.493 e. The predicted octanol–water partition coefficient (Wildman–Crippen LogP) is 3.35. The summed E-state index contributed by atoms with van der Waals surface area (Å²) in [6, 6.07) is 7.04. The van der Waals surface area contributed by atoms with Gasteiger partial charge in [-0.15, -0.1) is 11.3 Å². The first kappa shape index (κ1) is 14.7. The van der Waals surface area contributed by atoms with Gasteiger partial charge >= 0.3 is 0 Å². The van der Waals surface area contributed by atoms with E-state index in [0.717, 1.165) is 5.56 Å².